The Morgan fingerprint density at radius 1 is 1.22 bits per heavy atom. The van der Waals surface area contributed by atoms with Crippen LogP contribution in [0.25, 0.3) is 0 Å². The van der Waals surface area contributed by atoms with Gasteiger partial charge < -0.3 is 10.4 Å². The van der Waals surface area contributed by atoms with E-state index in [2.05, 4.69) is 5.32 Å². The molecule has 0 aromatic carbocycles. The average molecular weight is 276 g/mol. The molecule has 1 aliphatic carbocycles. The smallest absolute Gasteiger partial charge is 0.215 e. The zero-order chi connectivity index (χ0) is 13.2. The Morgan fingerprint density at radius 3 is 2.56 bits per heavy atom. The first-order chi connectivity index (χ1) is 8.50. The lowest BCUT2D eigenvalue weighted by atomic mass is 9.93. The third kappa shape index (κ3) is 3.23. The van der Waals surface area contributed by atoms with E-state index in [1.165, 1.54) is 4.31 Å². The molecule has 2 rings (SSSR count). The molecule has 3 unspecified atom stereocenters. The molecule has 2 N–H and O–H groups in total. The molecule has 2 fully saturated rings. The van der Waals surface area contributed by atoms with Crippen LogP contribution in [0.3, 0.4) is 0 Å². The van der Waals surface area contributed by atoms with E-state index in [-0.39, 0.29) is 17.8 Å². The van der Waals surface area contributed by atoms with E-state index >= 15 is 0 Å². The second-order valence-corrected chi connectivity index (χ2v) is 7.58. The summed E-state index contributed by atoms with van der Waals surface area (Å²) in [4.78, 5) is 0. The van der Waals surface area contributed by atoms with Crippen LogP contribution in [0.15, 0.2) is 0 Å². The SMILES string of the molecule is CN(C1CCCCC1O)S(=O)(=O)CC1CCCN1. The maximum absolute atomic E-state index is 12.3. The molecule has 106 valence electrons. The van der Waals surface area contributed by atoms with Crippen LogP contribution in [0.1, 0.15) is 38.5 Å². The lowest BCUT2D eigenvalue weighted by Gasteiger charge is -2.34. The maximum Gasteiger partial charge on any atom is 0.215 e. The van der Waals surface area contributed by atoms with Crippen molar-refractivity contribution in [2.45, 2.75) is 56.7 Å². The molecule has 1 heterocycles. The summed E-state index contributed by atoms with van der Waals surface area (Å²) in [6.07, 6.45) is 4.96. The van der Waals surface area contributed by atoms with E-state index in [9.17, 15) is 13.5 Å². The Balaban J connectivity index is 1.99. The summed E-state index contributed by atoms with van der Waals surface area (Å²) in [7, 11) is -1.65. The molecule has 0 radical (unpaired) electrons. The van der Waals surface area contributed by atoms with Gasteiger partial charge in [0, 0.05) is 13.1 Å². The molecule has 2 aliphatic rings. The summed E-state index contributed by atoms with van der Waals surface area (Å²) >= 11 is 0. The number of sulfonamides is 1. The van der Waals surface area contributed by atoms with Gasteiger partial charge >= 0.3 is 0 Å². The fourth-order valence-electron chi connectivity index (χ4n) is 2.99. The van der Waals surface area contributed by atoms with Gasteiger partial charge in [-0.1, -0.05) is 12.8 Å². The number of aliphatic hydroxyl groups excluding tert-OH is 1. The topological polar surface area (TPSA) is 69.6 Å². The fraction of sp³-hybridized carbons (Fsp3) is 1.00. The molecule has 1 saturated carbocycles. The monoisotopic (exact) mass is 276 g/mol. The second kappa shape index (κ2) is 5.86. The van der Waals surface area contributed by atoms with Gasteiger partial charge in [-0.3, -0.25) is 0 Å². The largest absolute Gasteiger partial charge is 0.391 e. The maximum atomic E-state index is 12.3. The number of likely N-dealkylation sites (N-methyl/N-ethyl adjacent to an activating group) is 1. The van der Waals surface area contributed by atoms with Crippen LogP contribution in [0.2, 0.25) is 0 Å². The predicted molar refractivity (Wildman–Crippen MR) is 70.8 cm³/mol. The highest BCUT2D eigenvalue weighted by atomic mass is 32.2. The quantitative estimate of drug-likeness (QED) is 0.775. The second-order valence-electron chi connectivity index (χ2n) is 5.51. The predicted octanol–water partition coefficient (Wildman–Crippen LogP) is 0.304. The molecule has 1 aliphatic heterocycles. The van der Waals surface area contributed by atoms with Crippen LogP contribution in [0.5, 0.6) is 0 Å². The zero-order valence-corrected chi connectivity index (χ0v) is 11.8. The molecule has 18 heavy (non-hydrogen) atoms. The van der Waals surface area contributed by atoms with Crippen LogP contribution < -0.4 is 5.32 Å². The van der Waals surface area contributed by atoms with Gasteiger partial charge in [0.15, 0.2) is 0 Å². The van der Waals surface area contributed by atoms with Gasteiger partial charge in [0.25, 0.3) is 0 Å². The summed E-state index contributed by atoms with van der Waals surface area (Å²) in [5.41, 5.74) is 0. The Labute approximate surface area is 110 Å². The Morgan fingerprint density at radius 2 is 1.94 bits per heavy atom. The van der Waals surface area contributed by atoms with E-state index < -0.39 is 16.1 Å². The van der Waals surface area contributed by atoms with Gasteiger partial charge in [-0.15, -0.1) is 0 Å². The Kier molecular flexibility index (Phi) is 4.64. The highest BCUT2D eigenvalue weighted by Crippen LogP contribution is 2.25. The first kappa shape index (κ1) is 14.2. The van der Waals surface area contributed by atoms with Gasteiger partial charge in [-0.05, 0) is 32.2 Å². The van der Waals surface area contributed by atoms with Crippen LogP contribution in [-0.4, -0.2) is 55.4 Å². The number of hydrogen-bond acceptors (Lipinski definition) is 4. The number of rotatable bonds is 4. The lowest BCUT2D eigenvalue weighted by molar-refractivity contribution is 0.0637. The van der Waals surface area contributed by atoms with E-state index in [0.29, 0.717) is 6.42 Å². The molecule has 0 aromatic heterocycles. The van der Waals surface area contributed by atoms with E-state index in [1.807, 2.05) is 0 Å². The van der Waals surface area contributed by atoms with Crippen LogP contribution in [-0.2, 0) is 10.0 Å². The highest BCUT2D eigenvalue weighted by molar-refractivity contribution is 7.89. The summed E-state index contributed by atoms with van der Waals surface area (Å²) in [5, 5.41) is 13.2. The molecule has 1 saturated heterocycles. The molecule has 5 nitrogen and oxygen atoms in total. The van der Waals surface area contributed by atoms with Crippen LogP contribution in [0.4, 0.5) is 0 Å². The third-order valence-corrected chi connectivity index (χ3v) is 6.15. The highest BCUT2D eigenvalue weighted by Gasteiger charge is 2.34. The standard InChI is InChI=1S/C12H24N2O3S/c1-14(11-6-2-3-7-12(11)15)18(16,17)9-10-5-4-8-13-10/h10-13,15H,2-9H2,1H3. The van der Waals surface area contributed by atoms with Crippen LogP contribution >= 0.6 is 0 Å². The van der Waals surface area contributed by atoms with Crippen molar-refractivity contribution in [3.63, 3.8) is 0 Å². The summed E-state index contributed by atoms with van der Waals surface area (Å²) in [5.74, 6) is 0.159. The number of aliphatic hydroxyl groups is 1. The molecule has 0 bridgehead atoms. The first-order valence-electron chi connectivity index (χ1n) is 6.88. The molecule has 0 spiro atoms. The molecular weight excluding hydrogens is 252 g/mol. The van der Waals surface area contributed by atoms with Crippen molar-refractivity contribution in [2.75, 3.05) is 19.3 Å². The molecule has 6 heteroatoms. The lowest BCUT2D eigenvalue weighted by Crippen LogP contribution is -2.48. The number of nitrogens with one attached hydrogen (secondary N) is 1. The van der Waals surface area contributed by atoms with Crippen molar-refractivity contribution >= 4 is 10.0 Å². The van der Waals surface area contributed by atoms with Crippen molar-refractivity contribution in [3.8, 4) is 0 Å². The van der Waals surface area contributed by atoms with Gasteiger partial charge in [0.1, 0.15) is 0 Å². The van der Waals surface area contributed by atoms with Gasteiger partial charge in [0.05, 0.1) is 17.9 Å². The summed E-state index contributed by atoms with van der Waals surface area (Å²) < 4.78 is 26.0. The van der Waals surface area contributed by atoms with E-state index in [0.717, 1.165) is 38.6 Å². The van der Waals surface area contributed by atoms with Crippen molar-refractivity contribution < 1.29 is 13.5 Å². The molecule has 0 aromatic rings. The van der Waals surface area contributed by atoms with Crippen molar-refractivity contribution in [3.05, 3.63) is 0 Å². The third-order valence-electron chi connectivity index (χ3n) is 4.17. The zero-order valence-electron chi connectivity index (χ0n) is 11.0. The van der Waals surface area contributed by atoms with Gasteiger partial charge in [0.2, 0.25) is 10.0 Å². The minimum atomic E-state index is -3.27. The Bertz CT molecular complexity index is 366. The van der Waals surface area contributed by atoms with Crippen LogP contribution in [0, 0.1) is 0 Å². The number of nitrogens with zero attached hydrogens (tertiary/aromatic N) is 1. The summed E-state index contributed by atoms with van der Waals surface area (Å²) in [6.45, 7) is 0.913. The minimum absolute atomic E-state index is 0.0817. The van der Waals surface area contributed by atoms with E-state index in [4.69, 9.17) is 0 Å². The summed E-state index contributed by atoms with van der Waals surface area (Å²) in [6, 6.07) is -0.150. The van der Waals surface area contributed by atoms with E-state index in [1.54, 1.807) is 7.05 Å². The minimum Gasteiger partial charge on any atom is -0.391 e. The first-order valence-corrected chi connectivity index (χ1v) is 8.49. The van der Waals surface area contributed by atoms with Gasteiger partial charge in [-0.25, -0.2) is 8.42 Å². The van der Waals surface area contributed by atoms with Gasteiger partial charge in [-0.2, -0.15) is 4.31 Å². The Hall–Kier alpha value is -0.170. The average Bonchev–Trinajstić information content (AvgIpc) is 2.81. The van der Waals surface area contributed by atoms with Crippen molar-refractivity contribution in [2.24, 2.45) is 0 Å². The normalized spacial score (nSPS) is 34.1. The van der Waals surface area contributed by atoms with Crippen molar-refractivity contribution in [1.82, 2.24) is 9.62 Å². The fourth-order valence-corrected chi connectivity index (χ4v) is 4.68. The molecular formula is C12H24N2O3S. The molecule has 0 amide bonds. The number of hydrogen-bond donors (Lipinski definition) is 2. The van der Waals surface area contributed by atoms with Crippen molar-refractivity contribution in [1.29, 1.82) is 0 Å². The molecule has 3 atom stereocenters.